The Morgan fingerprint density at radius 1 is 0.947 bits per heavy atom. The maximum absolute atomic E-state index is 13.5. The van der Waals surface area contributed by atoms with Gasteiger partial charge in [0, 0.05) is 34.9 Å². The average molecular weight is 502 g/mol. The monoisotopic (exact) mass is 501 g/mol. The van der Waals surface area contributed by atoms with Gasteiger partial charge in [0.15, 0.2) is 0 Å². The van der Waals surface area contributed by atoms with Gasteiger partial charge in [-0.15, -0.1) is 0 Å². The topological polar surface area (TPSA) is 38.1 Å². The minimum absolute atomic E-state index is 0.0763. The van der Waals surface area contributed by atoms with Crippen molar-refractivity contribution in [1.29, 1.82) is 0 Å². The molecule has 1 saturated carbocycles. The molecule has 0 N–H and O–H groups in total. The van der Waals surface area contributed by atoms with Crippen LogP contribution in [0.1, 0.15) is 34.0 Å². The average Bonchev–Trinajstić information content (AvgIpc) is 3.29. The van der Waals surface area contributed by atoms with Crippen LogP contribution in [-0.4, -0.2) is 33.7 Å². The van der Waals surface area contributed by atoms with Gasteiger partial charge in [0.05, 0.1) is 17.4 Å². The quantitative estimate of drug-likeness (QED) is 0.284. The zero-order valence-electron chi connectivity index (χ0n) is 21.4. The number of aryl methyl sites for hydroxylation is 1. The lowest BCUT2D eigenvalue weighted by atomic mass is 9.80. The molecule has 1 aliphatic carbocycles. The SMILES string of the molecule is Cc1cc2c(cnn2-c2ccc(F)cc2)cc1[C@@]12CN(C(=O)c3ccccc3)C[C@@H]1[C@]2(C)c1ccccc1. The normalized spacial score (nSPS) is 24.0. The lowest BCUT2D eigenvalue weighted by Gasteiger charge is -2.31. The van der Waals surface area contributed by atoms with Gasteiger partial charge in [0.25, 0.3) is 5.91 Å². The molecular weight excluding hydrogens is 473 g/mol. The van der Waals surface area contributed by atoms with Crippen LogP contribution in [-0.2, 0) is 10.8 Å². The van der Waals surface area contributed by atoms with Gasteiger partial charge in [-0.3, -0.25) is 4.79 Å². The van der Waals surface area contributed by atoms with Crippen LogP contribution in [0, 0.1) is 18.7 Å². The molecule has 1 aliphatic heterocycles. The number of carbonyl (C=O) groups excluding carboxylic acids is 1. The highest BCUT2D eigenvalue weighted by Crippen LogP contribution is 2.73. The molecule has 0 spiro atoms. The van der Waals surface area contributed by atoms with Crippen molar-refractivity contribution in [1.82, 2.24) is 14.7 Å². The summed E-state index contributed by atoms with van der Waals surface area (Å²) in [5, 5.41) is 5.69. The molecule has 1 amide bonds. The Kier molecular flexibility index (Phi) is 4.90. The number of hydrogen-bond donors (Lipinski definition) is 0. The Hall–Kier alpha value is -4.25. The molecule has 5 aromatic rings. The summed E-state index contributed by atoms with van der Waals surface area (Å²) in [5.41, 5.74) is 6.07. The molecule has 38 heavy (non-hydrogen) atoms. The number of aromatic nitrogens is 2. The molecule has 2 heterocycles. The van der Waals surface area contributed by atoms with Crippen LogP contribution in [0.15, 0.2) is 103 Å². The minimum atomic E-state index is -0.265. The molecule has 0 unspecified atom stereocenters. The van der Waals surface area contributed by atoms with Gasteiger partial charge in [0.1, 0.15) is 5.82 Å². The molecule has 1 saturated heterocycles. The molecule has 1 aromatic heterocycles. The van der Waals surface area contributed by atoms with Crippen molar-refractivity contribution in [3.63, 3.8) is 0 Å². The standard InChI is InChI=1S/C33H28FN3O/c1-22-17-29-24(19-35-37(29)27-15-13-26(34)14-16-27)18-28(22)33-21-36(31(38)23-9-5-3-6-10-23)20-30(33)32(33,2)25-11-7-4-8-12-25/h3-19,30H,20-21H2,1-2H3/t30-,32+,33+/m1/s1. The van der Waals surface area contributed by atoms with Gasteiger partial charge < -0.3 is 4.90 Å². The molecule has 0 bridgehead atoms. The van der Waals surface area contributed by atoms with E-state index in [0.717, 1.165) is 28.7 Å². The highest BCUT2D eigenvalue weighted by Gasteiger charge is 2.78. The molecule has 5 heteroatoms. The smallest absolute Gasteiger partial charge is 0.253 e. The van der Waals surface area contributed by atoms with Gasteiger partial charge in [-0.25, -0.2) is 9.07 Å². The first-order valence-corrected chi connectivity index (χ1v) is 13.1. The Bertz CT molecular complexity index is 1680. The van der Waals surface area contributed by atoms with E-state index in [4.69, 9.17) is 0 Å². The Labute approximate surface area is 221 Å². The predicted molar refractivity (Wildman–Crippen MR) is 147 cm³/mol. The summed E-state index contributed by atoms with van der Waals surface area (Å²) in [6.07, 6.45) is 1.89. The van der Waals surface area contributed by atoms with Gasteiger partial charge >= 0.3 is 0 Å². The molecule has 2 fully saturated rings. The van der Waals surface area contributed by atoms with Crippen LogP contribution in [0.4, 0.5) is 4.39 Å². The Morgan fingerprint density at radius 2 is 1.63 bits per heavy atom. The van der Waals surface area contributed by atoms with Crippen molar-refractivity contribution < 1.29 is 9.18 Å². The van der Waals surface area contributed by atoms with Crippen LogP contribution in [0.25, 0.3) is 16.6 Å². The maximum Gasteiger partial charge on any atom is 0.253 e. The lowest BCUT2D eigenvalue weighted by molar-refractivity contribution is 0.0760. The third kappa shape index (κ3) is 3.08. The van der Waals surface area contributed by atoms with Crippen LogP contribution in [0.3, 0.4) is 0 Å². The van der Waals surface area contributed by atoms with Crippen LogP contribution < -0.4 is 0 Å². The number of amides is 1. The summed E-state index contributed by atoms with van der Waals surface area (Å²) < 4.78 is 15.4. The van der Waals surface area contributed by atoms with E-state index >= 15 is 0 Å². The summed E-state index contributed by atoms with van der Waals surface area (Å²) >= 11 is 0. The zero-order chi connectivity index (χ0) is 26.1. The van der Waals surface area contributed by atoms with Crippen molar-refractivity contribution >= 4 is 16.8 Å². The summed E-state index contributed by atoms with van der Waals surface area (Å²) in [6, 6.07) is 31.2. The van der Waals surface area contributed by atoms with Crippen molar-refractivity contribution in [3.8, 4) is 5.69 Å². The fraction of sp³-hybridized carbons (Fsp3) is 0.212. The second-order valence-electron chi connectivity index (χ2n) is 10.9. The van der Waals surface area contributed by atoms with E-state index in [0.29, 0.717) is 12.5 Å². The molecule has 7 rings (SSSR count). The first-order chi connectivity index (χ1) is 18.4. The van der Waals surface area contributed by atoms with Crippen molar-refractivity contribution in [2.24, 2.45) is 5.92 Å². The highest BCUT2D eigenvalue weighted by molar-refractivity contribution is 5.95. The molecule has 4 nitrogen and oxygen atoms in total. The van der Waals surface area contributed by atoms with Gasteiger partial charge in [-0.2, -0.15) is 5.10 Å². The van der Waals surface area contributed by atoms with E-state index in [9.17, 15) is 9.18 Å². The number of likely N-dealkylation sites (tertiary alicyclic amines) is 1. The van der Waals surface area contributed by atoms with Crippen LogP contribution in [0.2, 0.25) is 0 Å². The first-order valence-electron chi connectivity index (χ1n) is 13.1. The number of benzene rings is 4. The van der Waals surface area contributed by atoms with E-state index in [-0.39, 0.29) is 22.6 Å². The largest absolute Gasteiger partial charge is 0.337 e. The lowest BCUT2D eigenvalue weighted by Crippen LogP contribution is -2.38. The number of carbonyl (C=O) groups is 1. The second-order valence-corrected chi connectivity index (χ2v) is 10.9. The van der Waals surface area contributed by atoms with Gasteiger partial charge in [-0.05, 0) is 78.1 Å². The zero-order valence-corrected chi connectivity index (χ0v) is 21.4. The molecule has 4 aromatic carbocycles. The summed E-state index contributed by atoms with van der Waals surface area (Å²) in [4.78, 5) is 15.5. The molecule has 0 radical (unpaired) electrons. The van der Waals surface area contributed by atoms with Crippen molar-refractivity contribution in [2.75, 3.05) is 13.1 Å². The third-order valence-corrected chi connectivity index (χ3v) is 9.13. The van der Waals surface area contributed by atoms with Gasteiger partial charge in [-0.1, -0.05) is 55.5 Å². The molecule has 3 atom stereocenters. The number of rotatable bonds is 4. The van der Waals surface area contributed by atoms with Crippen LogP contribution in [0.5, 0.6) is 0 Å². The van der Waals surface area contributed by atoms with Crippen molar-refractivity contribution in [2.45, 2.75) is 24.7 Å². The Balaban J connectivity index is 1.34. The number of hydrogen-bond acceptors (Lipinski definition) is 2. The van der Waals surface area contributed by atoms with Crippen LogP contribution >= 0.6 is 0 Å². The summed E-state index contributed by atoms with van der Waals surface area (Å²) in [5.74, 6) is 0.141. The molecular formula is C33H28FN3O. The van der Waals surface area contributed by atoms with E-state index in [1.807, 2.05) is 46.1 Å². The van der Waals surface area contributed by atoms with E-state index in [1.54, 1.807) is 12.1 Å². The number of halogens is 1. The highest BCUT2D eigenvalue weighted by atomic mass is 19.1. The summed E-state index contributed by atoms with van der Waals surface area (Å²) in [7, 11) is 0. The minimum Gasteiger partial charge on any atom is -0.337 e. The fourth-order valence-corrected chi connectivity index (χ4v) is 7.15. The number of nitrogens with zero attached hydrogens (tertiary/aromatic N) is 3. The van der Waals surface area contributed by atoms with Gasteiger partial charge in [0.2, 0.25) is 0 Å². The summed E-state index contributed by atoms with van der Waals surface area (Å²) in [6.45, 7) is 5.93. The van der Waals surface area contributed by atoms with E-state index in [2.05, 4.69) is 61.4 Å². The predicted octanol–water partition coefficient (Wildman–Crippen LogP) is 6.45. The second kappa shape index (κ2) is 8.12. The molecule has 2 aliphatic rings. The van der Waals surface area contributed by atoms with Crippen molar-refractivity contribution in [3.05, 3.63) is 131 Å². The van der Waals surface area contributed by atoms with E-state index < -0.39 is 0 Å². The number of piperidine rings is 1. The fourth-order valence-electron chi connectivity index (χ4n) is 7.15. The third-order valence-electron chi connectivity index (χ3n) is 9.13. The van der Waals surface area contributed by atoms with E-state index in [1.165, 1.54) is 28.8 Å². The Morgan fingerprint density at radius 3 is 2.34 bits per heavy atom. The number of fused-ring (bicyclic) bond motifs is 2. The molecule has 188 valence electrons. The maximum atomic E-state index is 13.5. The first kappa shape index (κ1) is 22.9.